The Hall–Kier alpha value is -1.23. The van der Waals surface area contributed by atoms with Gasteiger partial charge in [0.2, 0.25) is 5.78 Å². The second-order valence-corrected chi connectivity index (χ2v) is 3.53. The number of halogens is 4. The number of carbonyl (C=O) groups excluding carboxylic acids is 1. The normalized spacial score (nSPS) is 11.4. The first-order valence-electron chi connectivity index (χ1n) is 4.23. The van der Waals surface area contributed by atoms with E-state index in [-0.39, 0.29) is 5.75 Å². The topological polar surface area (TPSA) is 26.3 Å². The number of methoxy groups -OCH3 is 1. The number of ether oxygens (including phenoxy) is 1. The van der Waals surface area contributed by atoms with Crippen molar-refractivity contribution < 1.29 is 22.7 Å². The molecule has 0 N–H and O–H groups in total. The molecular formula is C10H8ClF3O2. The summed E-state index contributed by atoms with van der Waals surface area (Å²) in [6, 6.07) is 2.01. The molecule has 0 bridgehead atoms. The molecule has 0 aliphatic rings. The fraction of sp³-hybridized carbons (Fsp3) is 0.300. The highest BCUT2D eigenvalue weighted by Gasteiger charge is 2.37. The maximum atomic E-state index is 13.3. The monoisotopic (exact) mass is 252 g/mol. The van der Waals surface area contributed by atoms with Gasteiger partial charge in [-0.3, -0.25) is 4.79 Å². The van der Waals surface area contributed by atoms with Gasteiger partial charge in [-0.2, -0.15) is 8.78 Å². The standard InChI is InChI=1S/C10H8ClF3O2/c1-10(13,14)9(15)7-5(12)3-4-6(16-2)8(7)11/h3-4H,1-2H3. The Labute approximate surface area is 95.0 Å². The van der Waals surface area contributed by atoms with E-state index in [4.69, 9.17) is 16.3 Å². The van der Waals surface area contributed by atoms with Crippen LogP contribution in [0.15, 0.2) is 12.1 Å². The number of hydrogen-bond donors (Lipinski definition) is 0. The van der Waals surface area contributed by atoms with Crippen molar-refractivity contribution in [1.82, 2.24) is 0 Å². The molecule has 2 nitrogen and oxygen atoms in total. The van der Waals surface area contributed by atoms with Crippen molar-refractivity contribution >= 4 is 17.4 Å². The molecule has 0 saturated heterocycles. The molecule has 1 rings (SSSR count). The van der Waals surface area contributed by atoms with E-state index in [2.05, 4.69) is 0 Å². The lowest BCUT2D eigenvalue weighted by molar-refractivity contribution is 0.0217. The van der Waals surface area contributed by atoms with Gasteiger partial charge >= 0.3 is 5.92 Å². The Morgan fingerprint density at radius 2 is 2.00 bits per heavy atom. The minimum atomic E-state index is -3.68. The van der Waals surface area contributed by atoms with Crippen molar-refractivity contribution in [3.63, 3.8) is 0 Å². The maximum Gasteiger partial charge on any atom is 0.307 e. The molecule has 0 fully saturated rings. The second-order valence-electron chi connectivity index (χ2n) is 3.16. The largest absolute Gasteiger partial charge is 0.495 e. The van der Waals surface area contributed by atoms with Crippen molar-refractivity contribution in [2.75, 3.05) is 7.11 Å². The van der Waals surface area contributed by atoms with Crippen LogP contribution in [-0.4, -0.2) is 18.8 Å². The smallest absolute Gasteiger partial charge is 0.307 e. The summed E-state index contributed by atoms with van der Waals surface area (Å²) >= 11 is 5.60. The first-order valence-corrected chi connectivity index (χ1v) is 4.61. The molecule has 6 heteroatoms. The van der Waals surface area contributed by atoms with Crippen molar-refractivity contribution in [3.05, 3.63) is 28.5 Å². The van der Waals surface area contributed by atoms with Gasteiger partial charge in [-0.15, -0.1) is 0 Å². The summed E-state index contributed by atoms with van der Waals surface area (Å²) < 4.78 is 43.5. The molecule has 1 aromatic carbocycles. The predicted molar refractivity (Wildman–Crippen MR) is 52.9 cm³/mol. The molecule has 0 spiro atoms. The molecular weight excluding hydrogens is 245 g/mol. The molecule has 0 saturated carbocycles. The van der Waals surface area contributed by atoms with E-state index in [0.717, 1.165) is 12.1 Å². The molecule has 88 valence electrons. The molecule has 0 aromatic heterocycles. The van der Waals surface area contributed by atoms with Crippen LogP contribution in [0.1, 0.15) is 17.3 Å². The van der Waals surface area contributed by atoms with E-state index in [9.17, 15) is 18.0 Å². The fourth-order valence-corrected chi connectivity index (χ4v) is 1.43. The van der Waals surface area contributed by atoms with Gasteiger partial charge in [0, 0.05) is 6.92 Å². The van der Waals surface area contributed by atoms with Crippen LogP contribution in [0.3, 0.4) is 0 Å². The van der Waals surface area contributed by atoms with Crippen LogP contribution in [-0.2, 0) is 0 Å². The summed E-state index contributed by atoms with van der Waals surface area (Å²) in [4.78, 5) is 11.2. The average Bonchev–Trinajstić information content (AvgIpc) is 2.16. The van der Waals surface area contributed by atoms with Crippen molar-refractivity contribution in [2.45, 2.75) is 12.8 Å². The van der Waals surface area contributed by atoms with E-state index in [1.807, 2.05) is 0 Å². The summed E-state index contributed by atoms with van der Waals surface area (Å²) in [6.45, 7) is 0.380. The van der Waals surface area contributed by atoms with E-state index in [1.54, 1.807) is 0 Å². The third-order valence-corrected chi connectivity index (χ3v) is 2.28. The summed E-state index contributed by atoms with van der Waals surface area (Å²) in [5.74, 6) is -6.49. The Kier molecular flexibility index (Phi) is 3.48. The highest BCUT2D eigenvalue weighted by molar-refractivity contribution is 6.35. The zero-order chi connectivity index (χ0) is 12.5. The number of hydrogen-bond acceptors (Lipinski definition) is 2. The quantitative estimate of drug-likeness (QED) is 0.772. The van der Waals surface area contributed by atoms with Crippen LogP contribution in [0.25, 0.3) is 0 Å². The van der Waals surface area contributed by atoms with Gasteiger partial charge in [-0.05, 0) is 12.1 Å². The highest BCUT2D eigenvalue weighted by atomic mass is 35.5. The molecule has 0 heterocycles. The minimum absolute atomic E-state index is 0.0318. The Morgan fingerprint density at radius 3 is 2.44 bits per heavy atom. The van der Waals surface area contributed by atoms with E-state index in [1.165, 1.54) is 7.11 Å². The van der Waals surface area contributed by atoms with Crippen LogP contribution in [0.2, 0.25) is 5.02 Å². The third kappa shape index (κ3) is 2.29. The SMILES string of the molecule is COc1ccc(F)c(C(=O)C(C)(F)F)c1Cl. The van der Waals surface area contributed by atoms with Gasteiger partial charge < -0.3 is 4.74 Å². The Morgan fingerprint density at radius 1 is 1.44 bits per heavy atom. The van der Waals surface area contributed by atoms with Gasteiger partial charge in [-0.25, -0.2) is 4.39 Å². The van der Waals surface area contributed by atoms with Crippen LogP contribution < -0.4 is 4.74 Å². The molecule has 0 aliphatic heterocycles. The fourth-order valence-electron chi connectivity index (χ4n) is 1.12. The van der Waals surface area contributed by atoms with Crippen LogP contribution in [0, 0.1) is 5.82 Å². The molecule has 0 atom stereocenters. The van der Waals surface area contributed by atoms with Crippen molar-refractivity contribution in [3.8, 4) is 5.75 Å². The van der Waals surface area contributed by atoms with Crippen LogP contribution >= 0.6 is 11.6 Å². The highest BCUT2D eigenvalue weighted by Crippen LogP contribution is 2.33. The number of benzene rings is 1. The van der Waals surface area contributed by atoms with Crippen LogP contribution in [0.4, 0.5) is 13.2 Å². The van der Waals surface area contributed by atoms with Crippen molar-refractivity contribution in [1.29, 1.82) is 0 Å². The first-order chi connectivity index (χ1) is 7.29. The summed E-state index contributed by atoms with van der Waals surface area (Å²) in [7, 11) is 1.23. The summed E-state index contributed by atoms with van der Waals surface area (Å²) in [5.41, 5.74) is -0.853. The Bertz CT molecular complexity index is 427. The molecule has 0 radical (unpaired) electrons. The molecule has 0 aliphatic carbocycles. The first kappa shape index (κ1) is 12.8. The number of carbonyl (C=O) groups is 1. The molecule has 1 aromatic rings. The summed E-state index contributed by atoms with van der Waals surface area (Å²) in [5, 5.41) is -0.450. The molecule has 0 unspecified atom stereocenters. The van der Waals surface area contributed by atoms with Gasteiger partial charge in [0.1, 0.15) is 11.6 Å². The molecule has 16 heavy (non-hydrogen) atoms. The zero-order valence-corrected chi connectivity index (χ0v) is 9.24. The Balaban J connectivity index is 3.38. The lowest BCUT2D eigenvalue weighted by Gasteiger charge is -2.12. The van der Waals surface area contributed by atoms with Crippen LogP contribution in [0.5, 0.6) is 5.75 Å². The van der Waals surface area contributed by atoms with Gasteiger partial charge in [0.25, 0.3) is 0 Å². The van der Waals surface area contributed by atoms with Gasteiger partial charge in [0.05, 0.1) is 17.7 Å². The van der Waals surface area contributed by atoms with E-state index < -0.39 is 28.1 Å². The average molecular weight is 253 g/mol. The zero-order valence-electron chi connectivity index (χ0n) is 8.48. The lowest BCUT2D eigenvalue weighted by atomic mass is 10.1. The van der Waals surface area contributed by atoms with Gasteiger partial charge in [0.15, 0.2) is 0 Å². The van der Waals surface area contributed by atoms with Gasteiger partial charge in [-0.1, -0.05) is 11.6 Å². The predicted octanol–water partition coefficient (Wildman–Crippen LogP) is 3.33. The van der Waals surface area contributed by atoms with E-state index >= 15 is 0 Å². The molecule has 0 amide bonds. The number of alkyl halides is 2. The number of ketones is 1. The van der Waals surface area contributed by atoms with Crippen molar-refractivity contribution in [2.24, 2.45) is 0 Å². The summed E-state index contributed by atoms with van der Waals surface area (Å²) in [6.07, 6.45) is 0. The third-order valence-electron chi connectivity index (χ3n) is 1.90. The maximum absolute atomic E-state index is 13.3. The number of Topliss-reactive ketones (excluding diaryl/α,β-unsaturated/α-hetero) is 1. The minimum Gasteiger partial charge on any atom is -0.495 e. The van der Waals surface area contributed by atoms with E-state index in [0.29, 0.717) is 6.92 Å². The lowest BCUT2D eigenvalue weighted by Crippen LogP contribution is -2.25. The number of rotatable bonds is 3. The second kappa shape index (κ2) is 4.33.